The van der Waals surface area contributed by atoms with Crippen molar-refractivity contribution in [1.82, 2.24) is 0 Å². The number of carbonyl (C=O) groups is 2. The lowest BCUT2D eigenvalue weighted by atomic mass is 10.1. The van der Waals surface area contributed by atoms with Crippen LogP contribution in [0.1, 0.15) is 48.2 Å². The number of rotatable bonds is 9. The molecule has 7 nitrogen and oxygen atoms in total. The smallest absolute Gasteiger partial charge is 0.338 e. The molecule has 31 heavy (non-hydrogen) atoms. The summed E-state index contributed by atoms with van der Waals surface area (Å²) >= 11 is 0. The average Bonchev–Trinajstić information content (AvgIpc) is 2.70. The lowest BCUT2D eigenvalue weighted by Crippen LogP contribution is -2.45. The number of hydrogen-bond acceptors (Lipinski definition) is 5. The zero-order valence-electron chi connectivity index (χ0n) is 18.6. The minimum absolute atomic E-state index is 0.366. The van der Waals surface area contributed by atoms with Crippen LogP contribution in [0.4, 0.5) is 11.4 Å². The number of hydrogen-bond donors (Lipinski definition) is 1. The molecule has 0 saturated carbocycles. The Balaban J connectivity index is 2.15. The Bertz CT molecular complexity index is 1030. The van der Waals surface area contributed by atoms with Gasteiger partial charge in [-0.05, 0) is 74.7 Å². The lowest BCUT2D eigenvalue weighted by Gasteiger charge is -2.28. The van der Waals surface area contributed by atoms with E-state index >= 15 is 0 Å². The van der Waals surface area contributed by atoms with Gasteiger partial charge in [-0.15, -0.1) is 0 Å². The van der Waals surface area contributed by atoms with Crippen molar-refractivity contribution in [2.45, 2.75) is 46.6 Å². The monoisotopic (exact) mass is 446 g/mol. The van der Waals surface area contributed by atoms with Gasteiger partial charge in [0.2, 0.25) is 15.9 Å². The number of anilines is 2. The molecule has 0 aliphatic carbocycles. The first kappa shape index (κ1) is 24.4. The summed E-state index contributed by atoms with van der Waals surface area (Å²) in [4.78, 5) is 24.8. The highest BCUT2D eigenvalue weighted by Gasteiger charge is 2.29. The van der Waals surface area contributed by atoms with Crippen LogP contribution in [-0.2, 0) is 19.6 Å². The minimum Gasteiger partial charge on any atom is -0.462 e. The standard InChI is InChI=1S/C23H30N2O5S/c1-6-7-14-30-23(27)19-9-11-20(12-10-19)24-22(26)18(4)25(31(5,28)29)21-13-8-16(2)17(3)15-21/h8-13,15,18H,6-7,14H2,1-5H3,(H,24,26)/t18-/m0/s1. The zero-order valence-corrected chi connectivity index (χ0v) is 19.5. The molecule has 0 aliphatic rings. The third-order valence-corrected chi connectivity index (χ3v) is 6.19. The molecule has 0 saturated heterocycles. The molecule has 0 bridgehead atoms. The van der Waals surface area contributed by atoms with Crippen molar-refractivity contribution < 1.29 is 22.7 Å². The van der Waals surface area contributed by atoms with E-state index in [4.69, 9.17) is 4.74 Å². The van der Waals surface area contributed by atoms with Gasteiger partial charge in [0.25, 0.3) is 0 Å². The van der Waals surface area contributed by atoms with Crippen LogP contribution < -0.4 is 9.62 Å². The van der Waals surface area contributed by atoms with Gasteiger partial charge in [-0.3, -0.25) is 9.10 Å². The fourth-order valence-corrected chi connectivity index (χ4v) is 4.17. The summed E-state index contributed by atoms with van der Waals surface area (Å²) in [6.07, 6.45) is 2.81. The molecule has 0 radical (unpaired) electrons. The average molecular weight is 447 g/mol. The van der Waals surface area contributed by atoms with E-state index in [0.29, 0.717) is 23.5 Å². The van der Waals surface area contributed by atoms with Gasteiger partial charge in [-0.1, -0.05) is 19.4 Å². The molecule has 0 heterocycles. The van der Waals surface area contributed by atoms with Gasteiger partial charge in [0.1, 0.15) is 6.04 Å². The highest BCUT2D eigenvalue weighted by molar-refractivity contribution is 7.92. The maximum Gasteiger partial charge on any atom is 0.338 e. The first-order valence-electron chi connectivity index (χ1n) is 10.2. The summed E-state index contributed by atoms with van der Waals surface area (Å²) in [5.74, 6) is -0.903. The second-order valence-electron chi connectivity index (χ2n) is 7.56. The minimum atomic E-state index is -3.70. The number of sulfonamides is 1. The Morgan fingerprint density at radius 3 is 2.26 bits per heavy atom. The molecule has 1 atom stereocenters. The van der Waals surface area contributed by atoms with Crippen LogP contribution in [0.25, 0.3) is 0 Å². The van der Waals surface area contributed by atoms with E-state index in [-0.39, 0.29) is 0 Å². The molecule has 2 aromatic rings. The van der Waals surface area contributed by atoms with E-state index in [1.807, 2.05) is 26.8 Å². The Kier molecular flexibility index (Phi) is 8.21. The Morgan fingerprint density at radius 1 is 1.06 bits per heavy atom. The van der Waals surface area contributed by atoms with E-state index < -0.39 is 27.9 Å². The number of benzene rings is 2. The van der Waals surface area contributed by atoms with Gasteiger partial charge in [-0.2, -0.15) is 0 Å². The summed E-state index contributed by atoms with van der Waals surface area (Å²) in [7, 11) is -3.70. The Morgan fingerprint density at radius 2 is 1.71 bits per heavy atom. The molecule has 168 valence electrons. The number of nitrogens with zero attached hydrogens (tertiary/aromatic N) is 1. The number of esters is 1. The van der Waals surface area contributed by atoms with E-state index in [1.54, 1.807) is 36.4 Å². The second-order valence-corrected chi connectivity index (χ2v) is 9.42. The molecule has 0 fully saturated rings. The molecule has 0 unspecified atom stereocenters. The maximum absolute atomic E-state index is 12.8. The number of unbranched alkanes of at least 4 members (excludes halogenated alkanes) is 1. The van der Waals surface area contributed by atoms with Crippen LogP contribution in [0.3, 0.4) is 0 Å². The van der Waals surface area contributed by atoms with Crippen LogP contribution in [0, 0.1) is 13.8 Å². The summed E-state index contributed by atoms with van der Waals surface area (Å²) in [5, 5.41) is 2.71. The van der Waals surface area contributed by atoms with Gasteiger partial charge in [0.15, 0.2) is 0 Å². The molecule has 1 N–H and O–H groups in total. The van der Waals surface area contributed by atoms with Crippen molar-refractivity contribution in [2.75, 3.05) is 22.5 Å². The largest absolute Gasteiger partial charge is 0.462 e. The van der Waals surface area contributed by atoms with Gasteiger partial charge in [-0.25, -0.2) is 13.2 Å². The highest BCUT2D eigenvalue weighted by Crippen LogP contribution is 2.24. The van der Waals surface area contributed by atoms with Gasteiger partial charge in [0, 0.05) is 5.69 Å². The molecule has 0 aromatic heterocycles. The third-order valence-electron chi connectivity index (χ3n) is 4.95. The first-order valence-corrected chi connectivity index (χ1v) is 12.0. The van der Waals surface area contributed by atoms with Crippen LogP contribution in [0.15, 0.2) is 42.5 Å². The zero-order chi connectivity index (χ0) is 23.2. The van der Waals surface area contributed by atoms with Crippen LogP contribution in [0.5, 0.6) is 0 Å². The van der Waals surface area contributed by atoms with E-state index in [1.165, 1.54) is 6.92 Å². The van der Waals surface area contributed by atoms with Crippen molar-refractivity contribution >= 4 is 33.3 Å². The fraction of sp³-hybridized carbons (Fsp3) is 0.391. The number of aryl methyl sites for hydroxylation is 2. The van der Waals surface area contributed by atoms with Gasteiger partial charge in [0.05, 0.1) is 24.1 Å². The van der Waals surface area contributed by atoms with Crippen LogP contribution in [0.2, 0.25) is 0 Å². The molecule has 0 aliphatic heterocycles. The molecular weight excluding hydrogens is 416 g/mol. The second kappa shape index (κ2) is 10.4. The van der Waals surface area contributed by atoms with Gasteiger partial charge < -0.3 is 10.1 Å². The highest BCUT2D eigenvalue weighted by atomic mass is 32.2. The molecule has 2 rings (SSSR count). The fourth-order valence-electron chi connectivity index (χ4n) is 3.00. The Hall–Kier alpha value is -2.87. The van der Waals surface area contributed by atoms with Crippen molar-refractivity contribution in [3.63, 3.8) is 0 Å². The summed E-state index contributed by atoms with van der Waals surface area (Å²) in [6.45, 7) is 7.73. The predicted molar refractivity (Wildman–Crippen MR) is 123 cm³/mol. The first-order chi connectivity index (χ1) is 14.5. The van der Waals surface area contributed by atoms with Crippen molar-refractivity contribution in [2.24, 2.45) is 0 Å². The van der Waals surface area contributed by atoms with E-state index in [9.17, 15) is 18.0 Å². The third kappa shape index (κ3) is 6.55. The number of amides is 1. The maximum atomic E-state index is 12.8. The van der Waals surface area contributed by atoms with Crippen molar-refractivity contribution in [1.29, 1.82) is 0 Å². The molecule has 8 heteroatoms. The van der Waals surface area contributed by atoms with Crippen molar-refractivity contribution in [3.8, 4) is 0 Å². The summed E-state index contributed by atoms with van der Waals surface area (Å²) in [5.41, 5.74) is 3.23. The molecule has 2 aromatic carbocycles. The van der Waals surface area contributed by atoms with E-state index in [0.717, 1.165) is 34.5 Å². The lowest BCUT2D eigenvalue weighted by molar-refractivity contribution is -0.116. The SMILES string of the molecule is CCCCOC(=O)c1ccc(NC(=O)[C@H](C)N(c2ccc(C)c(C)c2)S(C)(=O)=O)cc1. The van der Waals surface area contributed by atoms with Crippen molar-refractivity contribution in [3.05, 3.63) is 59.2 Å². The summed E-state index contributed by atoms with van der Waals surface area (Å²) < 4.78 is 31.2. The quantitative estimate of drug-likeness (QED) is 0.463. The predicted octanol–water partition coefficient (Wildman–Crippen LogP) is 4.05. The van der Waals surface area contributed by atoms with Crippen LogP contribution in [-0.4, -0.2) is 39.2 Å². The Labute approximate surface area is 184 Å². The molecule has 0 spiro atoms. The van der Waals surface area contributed by atoms with Crippen LogP contribution >= 0.6 is 0 Å². The molecule has 1 amide bonds. The summed E-state index contributed by atoms with van der Waals surface area (Å²) in [6, 6.07) is 10.6. The number of ether oxygens (including phenoxy) is 1. The molecular formula is C23H30N2O5S. The number of nitrogens with one attached hydrogen (secondary N) is 1. The van der Waals surface area contributed by atoms with E-state index in [2.05, 4.69) is 5.32 Å². The number of carbonyl (C=O) groups excluding carboxylic acids is 2. The van der Waals surface area contributed by atoms with Gasteiger partial charge >= 0.3 is 5.97 Å². The topological polar surface area (TPSA) is 92.8 Å². The normalized spacial score (nSPS) is 12.2.